The molecule has 2 rings (SSSR count). The summed E-state index contributed by atoms with van der Waals surface area (Å²) < 4.78 is 0. The Balaban J connectivity index is 2.06. The van der Waals surface area contributed by atoms with Crippen molar-refractivity contribution in [3.05, 3.63) is 60.2 Å². The number of carboxylic acids is 1. The monoisotopic (exact) mass is 257 g/mol. The normalized spacial score (nSPS) is 10.6. The summed E-state index contributed by atoms with van der Waals surface area (Å²) in [5, 5.41) is 8.97. The predicted octanol–water partition coefficient (Wildman–Crippen LogP) is 1.56. The van der Waals surface area contributed by atoms with Gasteiger partial charge in [0.15, 0.2) is 0 Å². The Labute approximate surface area is 111 Å². The van der Waals surface area contributed by atoms with Crippen LogP contribution in [0, 0.1) is 0 Å². The largest absolute Gasteiger partial charge is 0.480 e. The van der Waals surface area contributed by atoms with Crippen LogP contribution in [0.3, 0.4) is 0 Å². The molecule has 0 saturated heterocycles. The van der Waals surface area contributed by atoms with Crippen LogP contribution in [0.25, 0.3) is 0 Å². The molecule has 2 aromatic heterocycles. The summed E-state index contributed by atoms with van der Waals surface area (Å²) in [5.41, 5.74) is 1.89. The zero-order valence-corrected chi connectivity index (χ0v) is 10.4. The Bertz CT molecular complexity index is 475. The molecule has 2 aromatic rings. The molecule has 0 spiro atoms. The summed E-state index contributed by atoms with van der Waals surface area (Å²) in [6, 6.07) is 9.39. The van der Waals surface area contributed by atoms with Gasteiger partial charge in [-0.2, -0.15) is 0 Å². The molecule has 98 valence electrons. The van der Waals surface area contributed by atoms with E-state index in [4.69, 9.17) is 5.11 Å². The number of hydrogen-bond acceptors (Lipinski definition) is 4. The first kappa shape index (κ1) is 13.2. The second kappa shape index (κ2) is 6.61. The fourth-order valence-electron chi connectivity index (χ4n) is 1.83. The van der Waals surface area contributed by atoms with Gasteiger partial charge in [0.2, 0.25) is 0 Å². The second-order valence-corrected chi connectivity index (χ2v) is 4.22. The number of carboxylic acid groups (broad SMARTS) is 1. The minimum Gasteiger partial charge on any atom is -0.480 e. The van der Waals surface area contributed by atoms with E-state index in [9.17, 15) is 4.79 Å². The van der Waals surface area contributed by atoms with E-state index in [-0.39, 0.29) is 6.54 Å². The third-order valence-corrected chi connectivity index (χ3v) is 2.63. The Hall–Kier alpha value is -2.27. The third-order valence-electron chi connectivity index (χ3n) is 2.63. The van der Waals surface area contributed by atoms with Crippen LogP contribution in [0.5, 0.6) is 0 Å². The van der Waals surface area contributed by atoms with E-state index >= 15 is 0 Å². The smallest absolute Gasteiger partial charge is 0.317 e. The van der Waals surface area contributed by atoms with Gasteiger partial charge in [0.1, 0.15) is 0 Å². The maximum absolute atomic E-state index is 10.9. The quantitative estimate of drug-likeness (QED) is 0.850. The molecule has 5 nitrogen and oxygen atoms in total. The van der Waals surface area contributed by atoms with Crippen LogP contribution in [0.4, 0.5) is 0 Å². The van der Waals surface area contributed by atoms with E-state index in [2.05, 4.69) is 9.97 Å². The molecule has 0 aromatic carbocycles. The molecule has 19 heavy (non-hydrogen) atoms. The van der Waals surface area contributed by atoms with Gasteiger partial charge in [0, 0.05) is 31.7 Å². The Kier molecular flexibility index (Phi) is 4.58. The van der Waals surface area contributed by atoms with Gasteiger partial charge in [-0.3, -0.25) is 19.7 Å². The molecular weight excluding hydrogens is 242 g/mol. The van der Waals surface area contributed by atoms with Gasteiger partial charge in [-0.15, -0.1) is 0 Å². The van der Waals surface area contributed by atoms with Crippen molar-refractivity contribution in [1.29, 1.82) is 0 Å². The van der Waals surface area contributed by atoms with Gasteiger partial charge >= 0.3 is 5.97 Å². The maximum atomic E-state index is 10.9. The number of nitrogens with zero attached hydrogens (tertiary/aromatic N) is 3. The number of pyridine rings is 2. The van der Waals surface area contributed by atoms with Crippen molar-refractivity contribution in [3.63, 3.8) is 0 Å². The topological polar surface area (TPSA) is 66.3 Å². The van der Waals surface area contributed by atoms with Crippen molar-refractivity contribution < 1.29 is 9.90 Å². The standard InChI is InChI=1S/C14H15N3O2/c18-14(19)11-17(9-12-4-7-15-8-5-12)10-13-3-1-2-6-16-13/h1-8H,9-11H2,(H,18,19). The first-order chi connectivity index (χ1) is 9.24. The predicted molar refractivity (Wildman–Crippen MR) is 70.2 cm³/mol. The summed E-state index contributed by atoms with van der Waals surface area (Å²) in [5.74, 6) is -0.843. The number of carbonyl (C=O) groups is 1. The van der Waals surface area contributed by atoms with Gasteiger partial charge in [-0.25, -0.2) is 0 Å². The first-order valence-corrected chi connectivity index (χ1v) is 5.97. The second-order valence-electron chi connectivity index (χ2n) is 4.22. The average molecular weight is 257 g/mol. The molecular formula is C14H15N3O2. The van der Waals surface area contributed by atoms with Crippen LogP contribution < -0.4 is 0 Å². The van der Waals surface area contributed by atoms with Gasteiger partial charge < -0.3 is 5.11 Å². The van der Waals surface area contributed by atoms with E-state index in [1.807, 2.05) is 35.2 Å². The Morgan fingerprint density at radius 3 is 2.53 bits per heavy atom. The molecule has 0 atom stereocenters. The highest BCUT2D eigenvalue weighted by Crippen LogP contribution is 2.07. The minimum absolute atomic E-state index is 0.0150. The summed E-state index contributed by atoms with van der Waals surface area (Å²) in [6.07, 6.45) is 5.12. The molecule has 0 aliphatic carbocycles. The van der Waals surface area contributed by atoms with Gasteiger partial charge in [-0.05, 0) is 29.8 Å². The highest BCUT2D eigenvalue weighted by Gasteiger charge is 2.11. The SMILES string of the molecule is O=C(O)CN(Cc1ccncc1)Cc1ccccn1. The van der Waals surface area contributed by atoms with E-state index in [0.29, 0.717) is 13.1 Å². The molecule has 2 heterocycles. The summed E-state index contributed by atoms with van der Waals surface area (Å²) in [6.45, 7) is 1.06. The van der Waals surface area contributed by atoms with Crippen molar-refractivity contribution >= 4 is 5.97 Å². The van der Waals surface area contributed by atoms with Crippen molar-refractivity contribution in [3.8, 4) is 0 Å². The number of rotatable bonds is 6. The Morgan fingerprint density at radius 1 is 1.11 bits per heavy atom. The molecule has 0 amide bonds. The summed E-state index contributed by atoms with van der Waals surface area (Å²) in [7, 11) is 0. The van der Waals surface area contributed by atoms with Gasteiger partial charge in [0.05, 0.1) is 12.2 Å². The van der Waals surface area contributed by atoms with Crippen LogP contribution >= 0.6 is 0 Å². The lowest BCUT2D eigenvalue weighted by Crippen LogP contribution is -2.29. The van der Waals surface area contributed by atoms with Crippen molar-refractivity contribution in [2.75, 3.05) is 6.54 Å². The number of aromatic nitrogens is 2. The van der Waals surface area contributed by atoms with Crippen molar-refractivity contribution in [2.45, 2.75) is 13.1 Å². The average Bonchev–Trinajstić information content (AvgIpc) is 2.40. The molecule has 0 saturated carbocycles. The zero-order valence-electron chi connectivity index (χ0n) is 10.4. The minimum atomic E-state index is -0.843. The molecule has 0 aliphatic rings. The van der Waals surface area contributed by atoms with E-state index in [1.165, 1.54) is 0 Å². The zero-order chi connectivity index (χ0) is 13.5. The van der Waals surface area contributed by atoms with Gasteiger partial charge in [-0.1, -0.05) is 6.07 Å². The lowest BCUT2D eigenvalue weighted by molar-refractivity contribution is -0.138. The Morgan fingerprint density at radius 2 is 1.89 bits per heavy atom. The number of hydrogen-bond donors (Lipinski definition) is 1. The molecule has 0 aliphatic heterocycles. The van der Waals surface area contributed by atoms with E-state index in [0.717, 1.165) is 11.3 Å². The van der Waals surface area contributed by atoms with Crippen LogP contribution in [-0.4, -0.2) is 32.5 Å². The van der Waals surface area contributed by atoms with Crippen LogP contribution in [0.2, 0.25) is 0 Å². The number of aliphatic carboxylic acids is 1. The summed E-state index contributed by atoms with van der Waals surface area (Å²) >= 11 is 0. The molecule has 1 N–H and O–H groups in total. The fourth-order valence-corrected chi connectivity index (χ4v) is 1.83. The molecule has 0 fully saturated rings. The van der Waals surface area contributed by atoms with Crippen LogP contribution in [0.15, 0.2) is 48.9 Å². The molecule has 0 bridgehead atoms. The van der Waals surface area contributed by atoms with E-state index < -0.39 is 5.97 Å². The maximum Gasteiger partial charge on any atom is 0.317 e. The fraction of sp³-hybridized carbons (Fsp3) is 0.214. The van der Waals surface area contributed by atoms with Crippen LogP contribution in [-0.2, 0) is 17.9 Å². The highest BCUT2D eigenvalue weighted by molar-refractivity contribution is 5.69. The summed E-state index contributed by atoms with van der Waals surface area (Å²) in [4.78, 5) is 20.9. The van der Waals surface area contributed by atoms with Gasteiger partial charge in [0.25, 0.3) is 0 Å². The lowest BCUT2D eigenvalue weighted by Gasteiger charge is -2.19. The van der Waals surface area contributed by atoms with Crippen LogP contribution in [0.1, 0.15) is 11.3 Å². The molecule has 5 heteroatoms. The first-order valence-electron chi connectivity index (χ1n) is 5.97. The van der Waals surface area contributed by atoms with Crippen molar-refractivity contribution in [2.24, 2.45) is 0 Å². The van der Waals surface area contributed by atoms with E-state index in [1.54, 1.807) is 18.6 Å². The molecule has 0 radical (unpaired) electrons. The van der Waals surface area contributed by atoms with Crippen molar-refractivity contribution in [1.82, 2.24) is 14.9 Å². The third kappa shape index (κ3) is 4.48. The lowest BCUT2D eigenvalue weighted by atomic mass is 10.2. The highest BCUT2D eigenvalue weighted by atomic mass is 16.4. The molecule has 0 unspecified atom stereocenters.